The van der Waals surface area contributed by atoms with Crippen molar-refractivity contribution in [1.82, 2.24) is 15.1 Å². The summed E-state index contributed by atoms with van der Waals surface area (Å²) in [6, 6.07) is 17.8. The molecule has 8 nitrogen and oxygen atoms in total. The molecule has 1 aromatic heterocycles. The van der Waals surface area contributed by atoms with Crippen LogP contribution in [0.25, 0.3) is 5.69 Å². The quantitative estimate of drug-likeness (QED) is 0.468. The van der Waals surface area contributed by atoms with Crippen molar-refractivity contribution in [2.24, 2.45) is 0 Å². The number of hydrogen-bond donors (Lipinski definition) is 2. The minimum absolute atomic E-state index is 0.0552. The van der Waals surface area contributed by atoms with Gasteiger partial charge in [0.05, 0.1) is 17.8 Å². The van der Waals surface area contributed by atoms with Crippen molar-refractivity contribution in [3.05, 3.63) is 76.9 Å². The fourth-order valence-corrected chi connectivity index (χ4v) is 3.34. The number of anilines is 1. The Kier molecular flexibility index (Phi) is 7.04. The number of aromatic nitrogens is 2. The molecule has 33 heavy (non-hydrogen) atoms. The topological polar surface area (TPSA) is 102 Å². The highest BCUT2D eigenvalue weighted by molar-refractivity contribution is 6.30. The van der Waals surface area contributed by atoms with Crippen LogP contribution >= 0.6 is 11.6 Å². The van der Waals surface area contributed by atoms with E-state index in [4.69, 9.17) is 16.3 Å². The van der Waals surface area contributed by atoms with Gasteiger partial charge in [-0.2, -0.15) is 5.10 Å². The minimum Gasteiger partial charge on any atom is -0.456 e. The molecule has 170 valence electrons. The van der Waals surface area contributed by atoms with E-state index in [2.05, 4.69) is 15.7 Å². The largest absolute Gasteiger partial charge is 0.456 e. The Labute approximate surface area is 195 Å². The number of carbonyl (C=O) groups excluding carboxylic acids is 3. The van der Waals surface area contributed by atoms with Gasteiger partial charge in [0.2, 0.25) is 0 Å². The molecule has 0 saturated heterocycles. The molecule has 0 atom stereocenters. The van der Waals surface area contributed by atoms with E-state index in [1.807, 2.05) is 36.4 Å². The Morgan fingerprint density at radius 3 is 2.48 bits per heavy atom. The molecule has 0 unspecified atom stereocenters. The average molecular weight is 467 g/mol. The molecule has 1 heterocycles. The second-order valence-corrected chi connectivity index (χ2v) is 8.13. The van der Waals surface area contributed by atoms with Gasteiger partial charge in [0.25, 0.3) is 11.8 Å². The molecule has 1 fully saturated rings. The molecule has 0 aliphatic heterocycles. The van der Waals surface area contributed by atoms with Gasteiger partial charge in [0.15, 0.2) is 6.61 Å². The molecule has 2 N–H and O–H groups in total. The van der Waals surface area contributed by atoms with E-state index in [0.717, 1.165) is 24.2 Å². The van der Waals surface area contributed by atoms with Crippen LogP contribution in [0, 0.1) is 0 Å². The molecule has 0 bridgehead atoms. The summed E-state index contributed by atoms with van der Waals surface area (Å²) in [5.41, 5.74) is 2.20. The number of benzene rings is 2. The first-order chi connectivity index (χ1) is 16.0. The number of nitrogens with zero attached hydrogens (tertiary/aromatic N) is 2. The van der Waals surface area contributed by atoms with Gasteiger partial charge < -0.3 is 15.4 Å². The molecule has 9 heteroatoms. The van der Waals surface area contributed by atoms with Crippen LogP contribution in [0.5, 0.6) is 0 Å². The van der Waals surface area contributed by atoms with Crippen molar-refractivity contribution in [3.8, 4) is 5.69 Å². The van der Waals surface area contributed by atoms with Gasteiger partial charge in [-0.25, -0.2) is 4.68 Å². The second kappa shape index (κ2) is 10.3. The molecule has 2 aromatic carbocycles. The highest BCUT2D eigenvalue weighted by Gasteiger charge is 2.28. The molecule has 0 radical (unpaired) electrons. The molecule has 2 amide bonds. The summed E-state index contributed by atoms with van der Waals surface area (Å²) in [5.74, 6) is -0.423. The van der Waals surface area contributed by atoms with Crippen LogP contribution in [0.15, 0.2) is 60.7 Å². The van der Waals surface area contributed by atoms with Crippen molar-refractivity contribution in [2.45, 2.75) is 25.2 Å². The number of para-hydroxylation sites is 1. The van der Waals surface area contributed by atoms with Gasteiger partial charge in [0, 0.05) is 29.1 Å². The van der Waals surface area contributed by atoms with Gasteiger partial charge in [-0.05, 0) is 49.2 Å². The summed E-state index contributed by atoms with van der Waals surface area (Å²) in [4.78, 5) is 36.4. The van der Waals surface area contributed by atoms with E-state index < -0.39 is 18.5 Å². The van der Waals surface area contributed by atoms with Crippen molar-refractivity contribution in [1.29, 1.82) is 0 Å². The van der Waals surface area contributed by atoms with E-state index in [1.165, 1.54) is 0 Å². The van der Waals surface area contributed by atoms with Crippen LogP contribution in [0.2, 0.25) is 5.02 Å². The monoisotopic (exact) mass is 466 g/mol. The van der Waals surface area contributed by atoms with E-state index in [-0.39, 0.29) is 18.9 Å². The summed E-state index contributed by atoms with van der Waals surface area (Å²) >= 11 is 5.80. The number of ether oxygens (including phenoxy) is 1. The van der Waals surface area contributed by atoms with E-state index in [9.17, 15) is 14.4 Å². The second-order valence-electron chi connectivity index (χ2n) is 7.70. The number of halogens is 1. The lowest BCUT2D eigenvalue weighted by molar-refractivity contribution is -0.147. The first kappa shape index (κ1) is 22.5. The molecular weight excluding hydrogens is 444 g/mol. The molecule has 4 rings (SSSR count). The first-order valence-electron chi connectivity index (χ1n) is 10.6. The lowest BCUT2D eigenvalue weighted by Gasteiger charge is -2.09. The van der Waals surface area contributed by atoms with Crippen molar-refractivity contribution in [2.75, 3.05) is 18.5 Å². The smallest absolute Gasteiger partial charge is 0.308 e. The number of esters is 1. The SMILES string of the molecule is O=C(COC(=O)CCNC(=O)c1ccc(Cl)cc1)Nc1cc(C2CC2)nn1-c1ccccc1. The molecule has 1 aliphatic carbocycles. The zero-order chi connectivity index (χ0) is 23.2. The zero-order valence-electron chi connectivity index (χ0n) is 17.8. The highest BCUT2D eigenvalue weighted by atomic mass is 35.5. The van der Waals surface area contributed by atoms with Crippen molar-refractivity contribution < 1.29 is 19.1 Å². The van der Waals surface area contributed by atoms with Gasteiger partial charge in [-0.3, -0.25) is 14.4 Å². The third-order valence-electron chi connectivity index (χ3n) is 5.08. The maximum absolute atomic E-state index is 12.4. The maximum Gasteiger partial charge on any atom is 0.308 e. The summed E-state index contributed by atoms with van der Waals surface area (Å²) in [6.45, 7) is -0.337. The number of rotatable bonds is 9. The first-order valence-corrected chi connectivity index (χ1v) is 11.0. The number of nitrogens with one attached hydrogen (secondary N) is 2. The molecular formula is C24H23ClN4O4. The summed E-state index contributed by atoms with van der Waals surface area (Å²) in [5, 5.41) is 10.6. The lowest BCUT2D eigenvalue weighted by Crippen LogP contribution is -2.28. The Bertz CT molecular complexity index is 1140. The number of hydrogen-bond acceptors (Lipinski definition) is 5. The normalized spacial score (nSPS) is 12.8. The Hall–Kier alpha value is -3.65. The molecule has 3 aromatic rings. The Morgan fingerprint density at radius 2 is 1.79 bits per heavy atom. The van der Waals surface area contributed by atoms with Crippen LogP contribution in [0.1, 0.15) is 41.2 Å². The Morgan fingerprint density at radius 1 is 1.06 bits per heavy atom. The van der Waals surface area contributed by atoms with E-state index in [0.29, 0.717) is 22.3 Å². The number of carbonyl (C=O) groups is 3. The third-order valence-corrected chi connectivity index (χ3v) is 5.33. The summed E-state index contributed by atoms with van der Waals surface area (Å²) in [7, 11) is 0. The standard InChI is InChI=1S/C24H23ClN4O4/c25-18-10-8-17(9-11-18)24(32)26-13-12-23(31)33-15-22(30)27-21-14-20(16-6-7-16)28-29(21)19-4-2-1-3-5-19/h1-5,8-11,14,16H,6-7,12-13,15H2,(H,26,32)(H,27,30). The maximum atomic E-state index is 12.4. The Balaban J connectivity index is 1.25. The molecule has 1 saturated carbocycles. The highest BCUT2D eigenvalue weighted by Crippen LogP contribution is 2.40. The predicted molar refractivity (Wildman–Crippen MR) is 124 cm³/mol. The third kappa shape index (κ3) is 6.20. The van der Waals surface area contributed by atoms with Crippen LogP contribution in [0.3, 0.4) is 0 Å². The molecule has 1 aliphatic rings. The predicted octanol–water partition coefficient (Wildman–Crippen LogP) is 3.70. The zero-order valence-corrected chi connectivity index (χ0v) is 18.5. The van der Waals surface area contributed by atoms with E-state index in [1.54, 1.807) is 28.9 Å². The van der Waals surface area contributed by atoms with Crippen LogP contribution in [0.4, 0.5) is 5.82 Å². The van der Waals surface area contributed by atoms with Crippen LogP contribution < -0.4 is 10.6 Å². The van der Waals surface area contributed by atoms with Crippen molar-refractivity contribution >= 4 is 35.2 Å². The lowest BCUT2D eigenvalue weighted by atomic mass is 10.2. The van der Waals surface area contributed by atoms with E-state index >= 15 is 0 Å². The molecule has 0 spiro atoms. The van der Waals surface area contributed by atoms with Gasteiger partial charge in [0.1, 0.15) is 5.82 Å². The average Bonchev–Trinajstić information content (AvgIpc) is 3.59. The fourth-order valence-electron chi connectivity index (χ4n) is 3.21. The minimum atomic E-state index is -0.586. The van der Waals surface area contributed by atoms with Crippen LogP contribution in [-0.2, 0) is 14.3 Å². The van der Waals surface area contributed by atoms with Gasteiger partial charge in [-0.15, -0.1) is 0 Å². The number of amides is 2. The fraction of sp³-hybridized carbons (Fsp3) is 0.250. The van der Waals surface area contributed by atoms with Crippen molar-refractivity contribution in [3.63, 3.8) is 0 Å². The van der Waals surface area contributed by atoms with Crippen LogP contribution in [-0.4, -0.2) is 40.7 Å². The van der Waals surface area contributed by atoms with Gasteiger partial charge >= 0.3 is 5.97 Å². The van der Waals surface area contributed by atoms with Gasteiger partial charge in [-0.1, -0.05) is 29.8 Å². The summed E-state index contributed by atoms with van der Waals surface area (Å²) < 4.78 is 6.72. The summed E-state index contributed by atoms with van der Waals surface area (Å²) in [6.07, 6.45) is 2.12.